The minimum Gasteiger partial charge on any atom is -0.277 e. The molecule has 0 aromatic rings. The molecule has 0 bridgehead atoms. The minimum atomic E-state index is -1.23. The van der Waals surface area contributed by atoms with Gasteiger partial charge < -0.3 is 0 Å². The third kappa shape index (κ3) is 1.73. The maximum absolute atomic E-state index is 11.9. The first-order valence-corrected chi connectivity index (χ1v) is 5.33. The van der Waals surface area contributed by atoms with Crippen molar-refractivity contribution >= 4 is 17.8 Å². The molecule has 1 heterocycles. The second-order valence-electron chi connectivity index (χ2n) is 3.79. The zero-order valence-corrected chi connectivity index (χ0v) is 9.72. The van der Waals surface area contributed by atoms with Gasteiger partial charge in [0.05, 0.1) is 0 Å². The number of carbonyl (C=O) groups is 3. The summed E-state index contributed by atoms with van der Waals surface area (Å²) in [6, 6.07) is -0.747. The highest BCUT2D eigenvalue weighted by Gasteiger charge is 2.49. The standard InChI is InChI=1S/C11H16N2O3/c1-4-6-7(3)11(5-2)8(14)12-10(16)13-9(11)15/h6H,4-5H2,1-3H3,(H2,12,13,14,15,16)/b7-6-. The first-order valence-electron chi connectivity index (χ1n) is 5.33. The molecule has 5 nitrogen and oxygen atoms in total. The van der Waals surface area contributed by atoms with Crippen LogP contribution >= 0.6 is 0 Å². The van der Waals surface area contributed by atoms with Crippen LogP contribution in [0.2, 0.25) is 0 Å². The molecule has 1 saturated heterocycles. The summed E-state index contributed by atoms with van der Waals surface area (Å²) in [6.07, 6.45) is 2.90. The summed E-state index contributed by atoms with van der Waals surface area (Å²) in [5, 5.41) is 4.28. The Bertz CT molecular complexity index is 351. The largest absolute Gasteiger partial charge is 0.328 e. The molecule has 0 radical (unpaired) electrons. The number of barbiturate groups is 1. The molecule has 0 atom stereocenters. The molecule has 2 N–H and O–H groups in total. The highest BCUT2D eigenvalue weighted by Crippen LogP contribution is 2.33. The molecule has 0 spiro atoms. The van der Waals surface area contributed by atoms with E-state index in [9.17, 15) is 14.4 Å². The van der Waals surface area contributed by atoms with E-state index in [2.05, 4.69) is 10.6 Å². The fourth-order valence-corrected chi connectivity index (χ4v) is 1.99. The molecule has 4 amide bonds. The number of nitrogens with one attached hydrogen (secondary N) is 2. The van der Waals surface area contributed by atoms with Gasteiger partial charge in [0.2, 0.25) is 11.8 Å². The fourth-order valence-electron chi connectivity index (χ4n) is 1.99. The van der Waals surface area contributed by atoms with Crippen molar-refractivity contribution in [3.63, 3.8) is 0 Å². The van der Waals surface area contributed by atoms with Crippen LogP contribution in [0.4, 0.5) is 4.79 Å². The third-order valence-corrected chi connectivity index (χ3v) is 2.94. The predicted octanol–water partition coefficient (Wildman–Crippen LogP) is 1.11. The van der Waals surface area contributed by atoms with Crippen molar-refractivity contribution < 1.29 is 14.4 Å². The van der Waals surface area contributed by atoms with Gasteiger partial charge in [-0.3, -0.25) is 20.2 Å². The maximum atomic E-state index is 11.9. The molecule has 0 unspecified atom stereocenters. The molecular formula is C11H16N2O3. The maximum Gasteiger partial charge on any atom is 0.328 e. The molecule has 0 aromatic carbocycles. The van der Waals surface area contributed by atoms with E-state index < -0.39 is 23.3 Å². The molecule has 1 aliphatic rings. The summed E-state index contributed by atoms with van der Waals surface area (Å²) in [5.74, 6) is -1.07. The zero-order chi connectivity index (χ0) is 12.3. The topological polar surface area (TPSA) is 75.3 Å². The Morgan fingerprint density at radius 1 is 1.19 bits per heavy atom. The minimum absolute atomic E-state index is 0.334. The van der Waals surface area contributed by atoms with Crippen LogP contribution in [0.15, 0.2) is 11.6 Å². The van der Waals surface area contributed by atoms with Crippen LogP contribution in [0.5, 0.6) is 0 Å². The van der Waals surface area contributed by atoms with Gasteiger partial charge in [-0.05, 0) is 19.8 Å². The Labute approximate surface area is 94.3 Å². The van der Waals surface area contributed by atoms with Gasteiger partial charge in [-0.25, -0.2) is 4.79 Å². The Hall–Kier alpha value is -1.65. The molecule has 16 heavy (non-hydrogen) atoms. The lowest BCUT2D eigenvalue weighted by Gasteiger charge is -2.33. The summed E-state index contributed by atoms with van der Waals surface area (Å²) in [4.78, 5) is 34.7. The van der Waals surface area contributed by atoms with E-state index in [0.717, 1.165) is 6.42 Å². The number of amides is 4. The molecule has 0 aliphatic carbocycles. The number of hydrogen-bond acceptors (Lipinski definition) is 3. The van der Waals surface area contributed by atoms with Crippen LogP contribution in [0.3, 0.4) is 0 Å². The van der Waals surface area contributed by atoms with Gasteiger partial charge in [0.1, 0.15) is 5.41 Å². The van der Waals surface area contributed by atoms with Crippen LogP contribution in [-0.4, -0.2) is 17.8 Å². The summed E-state index contributed by atoms with van der Waals surface area (Å²) in [5.41, 5.74) is -0.552. The summed E-state index contributed by atoms with van der Waals surface area (Å²) in [6.45, 7) is 5.42. The second kappa shape index (κ2) is 4.47. The van der Waals surface area contributed by atoms with Crippen molar-refractivity contribution in [2.24, 2.45) is 5.41 Å². The van der Waals surface area contributed by atoms with Gasteiger partial charge in [0.15, 0.2) is 0 Å². The molecule has 1 fully saturated rings. The first kappa shape index (κ1) is 12.4. The van der Waals surface area contributed by atoms with Crippen molar-refractivity contribution in [2.75, 3.05) is 0 Å². The number of hydrogen-bond donors (Lipinski definition) is 2. The number of rotatable bonds is 3. The second-order valence-corrected chi connectivity index (χ2v) is 3.79. The van der Waals surface area contributed by atoms with Crippen LogP contribution in [0.25, 0.3) is 0 Å². The fraction of sp³-hybridized carbons (Fsp3) is 0.545. The predicted molar refractivity (Wildman–Crippen MR) is 58.5 cm³/mol. The van der Waals surface area contributed by atoms with Crippen LogP contribution < -0.4 is 10.6 Å². The van der Waals surface area contributed by atoms with Crippen molar-refractivity contribution in [2.45, 2.75) is 33.6 Å². The summed E-state index contributed by atoms with van der Waals surface area (Å²) >= 11 is 0. The van der Waals surface area contributed by atoms with Crippen molar-refractivity contribution in [3.8, 4) is 0 Å². The smallest absolute Gasteiger partial charge is 0.277 e. The zero-order valence-electron chi connectivity index (χ0n) is 9.72. The monoisotopic (exact) mass is 224 g/mol. The molecule has 0 aromatic heterocycles. The van der Waals surface area contributed by atoms with Gasteiger partial charge in [-0.1, -0.05) is 25.5 Å². The average molecular weight is 224 g/mol. The van der Waals surface area contributed by atoms with Gasteiger partial charge in [-0.2, -0.15) is 0 Å². The van der Waals surface area contributed by atoms with Gasteiger partial charge in [-0.15, -0.1) is 0 Å². The van der Waals surface area contributed by atoms with Crippen molar-refractivity contribution in [1.82, 2.24) is 10.6 Å². The van der Waals surface area contributed by atoms with E-state index in [1.807, 2.05) is 13.0 Å². The van der Waals surface area contributed by atoms with Crippen LogP contribution in [0.1, 0.15) is 33.6 Å². The molecule has 5 heteroatoms. The van der Waals surface area contributed by atoms with E-state index in [0.29, 0.717) is 12.0 Å². The van der Waals surface area contributed by atoms with E-state index >= 15 is 0 Å². The number of imide groups is 2. The Morgan fingerprint density at radius 2 is 1.69 bits per heavy atom. The number of urea groups is 1. The Balaban J connectivity index is 3.20. The molecule has 88 valence electrons. The summed E-state index contributed by atoms with van der Waals surface area (Å²) in [7, 11) is 0. The van der Waals surface area contributed by atoms with Gasteiger partial charge in [0, 0.05) is 0 Å². The normalized spacial score (nSPS) is 20.4. The third-order valence-electron chi connectivity index (χ3n) is 2.94. The van der Waals surface area contributed by atoms with E-state index in [1.54, 1.807) is 13.8 Å². The van der Waals surface area contributed by atoms with Crippen LogP contribution in [0, 0.1) is 5.41 Å². The lowest BCUT2D eigenvalue weighted by Crippen LogP contribution is -2.62. The van der Waals surface area contributed by atoms with Crippen molar-refractivity contribution in [3.05, 3.63) is 11.6 Å². The Kier molecular flexibility index (Phi) is 3.47. The van der Waals surface area contributed by atoms with Crippen molar-refractivity contribution in [1.29, 1.82) is 0 Å². The van der Waals surface area contributed by atoms with E-state index in [4.69, 9.17) is 0 Å². The average Bonchev–Trinajstić information content (AvgIpc) is 2.18. The van der Waals surface area contributed by atoms with Crippen LogP contribution in [-0.2, 0) is 9.59 Å². The van der Waals surface area contributed by atoms with Gasteiger partial charge in [0.25, 0.3) is 0 Å². The molecule has 0 saturated carbocycles. The molecule has 1 aliphatic heterocycles. The van der Waals surface area contributed by atoms with E-state index in [-0.39, 0.29) is 0 Å². The lowest BCUT2D eigenvalue weighted by atomic mass is 9.75. The SMILES string of the molecule is CC/C=C(/C)C1(CC)C(=O)NC(=O)NC1=O. The molecule has 1 rings (SSSR count). The first-order chi connectivity index (χ1) is 7.48. The number of carbonyl (C=O) groups excluding carboxylic acids is 3. The molecular weight excluding hydrogens is 208 g/mol. The van der Waals surface area contributed by atoms with Gasteiger partial charge >= 0.3 is 6.03 Å². The summed E-state index contributed by atoms with van der Waals surface area (Å²) < 4.78 is 0. The highest BCUT2D eigenvalue weighted by molar-refractivity contribution is 6.20. The quantitative estimate of drug-likeness (QED) is 0.557. The number of allylic oxidation sites excluding steroid dienone is 1. The van der Waals surface area contributed by atoms with E-state index in [1.165, 1.54) is 0 Å². The highest BCUT2D eigenvalue weighted by atomic mass is 16.2. The Morgan fingerprint density at radius 3 is 2.06 bits per heavy atom. The lowest BCUT2D eigenvalue weighted by molar-refractivity contribution is -0.141.